The van der Waals surface area contributed by atoms with Gasteiger partial charge in [0.2, 0.25) is 5.91 Å². The number of nitrogens with one attached hydrogen (secondary N) is 1. The van der Waals surface area contributed by atoms with Crippen molar-refractivity contribution in [3.63, 3.8) is 0 Å². The monoisotopic (exact) mass is 266 g/mol. The number of amides is 1. The molecular formula is C16H14N2O2. The van der Waals surface area contributed by atoms with Crippen LogP contribution < -0.4 is 10.7 Å². The van der Waals surface area contributed by atoms with E-state index in [4.69, 9.17) is 0 Å². The van der Waals surface area contributed by atoms with Crippen LogP contribution in [-0.4, -0.2) is 10.5 Å². The highest BCUT2D eigenvalue weighted by atomic mass is 16.1. The molecule has 1 heterocycles. The first-order valence-electron chi connectivity index (χ1n) is 6.37. The third kappa shape index (κ3) is 1.86. The summed E-state index contributed by atoms with van der Waals surface area (Å²) in [4.78, 5) is 23.6. The lowest BCUT2D eigenvalue weighted by atomic mass is 10.1. The Labute approximate surface area is 115 Å². The van der Waals surface area contributed by atoms with Crippen molar-refractivity contribution in [1.82, 2.24) is 4.57 Å². The molecule has 1 amide bonds. The van der Waals surface area contributed by atoms with Crippen molar-refractivity contribution in [1.29, 1.82) is 0 Å². The lowest BCUT2D eigenvalue weighted by molar-refractivity contribution is -0.114. The van der Waals surface area contributed by atoms with Crippen LogP contribution in [0.2, 0.25) is 0 Å². The molecule has 4 nitrogen and oxygen atoms in total. The zero-order valence-corrected chi connectivity index (χ0v) is 11.3. The van der Waals surface area contributed by atoms with Crippen LogP contribution >= 0.6 is 0 Å². The molecule has 0 aliphatic carbocycles. The Morgan fingerprint density at radius 3 is 2.50 bits per heavy atom. The zero-order chi connectivity index (χ0) is 14.3. The van der Waals surface area contributed by atoms with Crippen molar-refractivity contribution >= 4 is 33.4 Å². The summed E-state index contributed by atoms with van der Waals surface area (Å²) in [6, 6.07) is 12.9. The summed E-state index contributed by atoms with van der Waals surface area (Å²) in [5.74, 6) is -0.130. The van der Waals surface area contributed by atoms with Crippen LogP contribution in [0.5, 0.6) is 0 Å². The molecule has 100 valence electrons. The van der Waals surface area contributed by atoms with Gasteiger partial charge in [0.1, 0.15) is 0 Å². The van der Waals surface area contributed by atoms with E-state index in [1.165, 1.54) is 6.92 Å². The van der Waals surface area contributed by atoms with Crippen LogP contribution in [0.15, 0.2) is 47.3 Å². The zero-order valence-electron chi connectivity index (χ0n) is 11.3. The van der Waals surface area contributed by atoms with Crippen molar-refractivity contribution in [3.05, 3.63) is 52.7 Å². The number of carbonyl (C=O) groups excluding carboxylic acids is 1. The van der Waals surface area contributed by atoms with Crippen molar-refractivity contribution in [2.75, 3.05) is 5.32 Å². The second-order valence-corrected chi connectivity index (χ2v) is 4.82. The van der Waals surface area contributed by atoms with Gasteiger partial charge in [-0.3, -0.25) is 9.59 Å². The predicted molar refractivity (Wildman–Crippen MR) is 81.0 cm³/mol. The van der Waals surface area contributed by atoms with Gasteiger partial charge in [0, 0.05) is 30.4 Å². The number of aryl methyl sites for hydroxylation is 1. The number of nitrogens with zero attached hydrogens (tertiary/aromatic N) is 1. The molecule has 3 aromatic rings. The highest BCUT2D eigenvalue weighted by Crippen LogP contribution is 2.21. The third-order valence-corrected chi connectivity index (χ3v) is 3.43. The highest BCUT2D eigenvalue weighted by Gasteiger charge is 2.09. The number of anilines is 1. The molecule has 0 radical (unpaired) electrons. The number of pyridine rings is 1. The lowest BCUT2D eigenvalue weighted by Crippen LogP contribution is -2.10. The quantitative estimate of drug-likeness (QED) is 0.688. The number of aromatic nitrogens is 1. The molecule has 0 atom stereocenters. The molecule has 3 rings (SSSR count). The fourth-order valence-electron chi connectivity index (χ4n) is 2.52. The molecule has 0 aliphatic rings. The van der Waals surface area contributed by atoms with Gasteiger partial charge < -0.3 is 9.88 Å². The molecule has 0 fully saturated rings. The first kappa shape index (κ1) is 12.4. The van der Waals surface area contributed by atoms with E-state index in [-0.39, 0.29) is 11.3 Å². The van der Waals surface area contributed by atoms with E-state index in [0.717, 1.165) is 11.0 Å². The third-order valence-electron chi connectivity index (χ3n) is 3.43. The normalized spacial score (nSPS) is 10.9. The summed E-state index contributed by atoms with van der Waals surface area (Å²) in [6.45, 7) is 1.46. The van der Waals surface area contributed by atoms with Gasteiger partial charge >= 0.3 is 0 Å². The van der Waals surface area contributed by atoms with Crippen molar-refractivity contribution in [2.24, 2.45) is 7.05 Å². The van der Waals surface area contributed by atoms with E-state index in [2.05, 4.69) is 5.32 Å². The lowest BCUT2D eigenvalue weighted by Gasteiger charge is -2.11. The van der Waals surface area contributed by atoms with Crippen molar-refractivity contribution in [2.45, 2.75) is 6.92 Å². The number of rotatable bonds is 1. The van der Waals surface area contributed by atoms with Crippen LogP contribution in [0.3, 0.4) is 0 Å². The van der Waals surface area contributed by atoms with Crippen LogP contribution in [0.25, 0.3) is 21.8 Å². The number of fused-ring (bicyclic) bond motifs is 2. The van der Waals surface area contributed by atoms with E-state index in [1.807, 2.05) is 41.9 Å². The number of benzene rings is 2. The Balaban J connectivity index is 2.41. The van der Waals surface area contributed by atoms with Gasteiger partial charge in [-0.1, -0.05) is 12.1 Å². The molecule has 0 saturated heterocycles. The molecule has 0 bridgehead atoms. The summed E-state index contributed by atoms with van der Waals surface area (Å²) in [5, 5.41) is 4.09. The molecule has 0 aliphatic heterocycles. The second kappa shape index (κ2) is 4.49. The minimum atomic E-state index is -0.130. The summed E-state index contributed by atoms with van der Waals surface area (Å²) < 4.78 is 1.97. The maximum absolute atomic E-state index is 12.5. The van der Waals surface area contributed by atoms with Crippen molar-refractivity contribution < 1.29 is 4.79 Å². The predicted octanol–water partition coefficient (Wildman–Crippen LogP) is 2.65. The maximum Gasteiger partial charge on any atom is 0.221 e. The van der Waals surface area contributed by atoms with Gasteiger partial charge in [-0.05, 0) is 30.3 Å². The minimum absolute atomic E-state index is 0.0167. The molecule has 4 heteroatoms. The van der Waals surface area contributed by atoms with Crippen LogP contribution in [0.1, 0.15) is 6.92 Å². The summed E-state index contributed by atoms with van der Waals surface area (Å²) in [6.07, 6.45) is 0. The van der Waals surface area contributed by atoms with Crippen LogP contribution in [0.4, 0.5) is 5.69 Å². The van der Waals surface area contributed by atoms with E-state index in [0.29, 0.717) is 16.5 Å². The molecule has 0 saturated carbocycles. The van der Waals surface area contributed by atoms with E-state index >= 15 is 0 Å². The molecule has 1 aromatic heterocycles. The van der Waals surface area contributed by atoms with Gasteiger partial charge in [0.25, 0.3) is 0 Å². The number of para-hydroxylation sites is 1. The Morgan fingerprint density at radius 1 is 1.05 bits per heavy atom. The molecule has 1 N–H and O–H groups in total. The first-order chi connectivity index (χ1) is 9.58. The van der Waals surface area contributed by atoms with Gasteiger partial charge in [0.05, 0.1) is 11.0 Å². The molecule has 0 unspecified atom stereocenters. The van der Waals surface area contributed by atoms with E-state index in [1.54, 1.807) is 12.1 Å². The second-order valence-electron chi connectivity index (χ2n) is 4.82. The van der Waals surface area contributed by atoms with Crippen LogP contribution in [-0.2, 0) is 11.8 Å². The van der Waals surface area contributed by atoms with Crippen molar-refractivity contribution in [3.8, 4) is 0 Å². The summed E-state index contributed by atoms with van der Waals surface area (Å²) >= 11 is 0. The molecular weight excluding hydrogens is 252 g/mol. The largest absolute Gasteiger partial charge is 0.343 e. The molecule has 0 spiro atoms. The van der Waals surface area contributed by atoms with Gasteiger partial charge in [-0.2, -0.15) is 0 Å². The van der Waals surface area contributed by atoms with Gasteiger partial charge in [-0.15, -0.1) is 0 Å². The number of hydrogen-bond acceptors (Lipinski definition) is 2. The Bertz CT molecular complexity index is 894. The smallest absolute Gasteiger partial charge is 0.221 e. The average Bonchev–Trinajstić information content (AvgIpc) is 2.44. The minimum Gasteiger partial charge on any atom is -0.343 e. The summed E-state index contributed by atoms with van der Waals surface area (Å²) in [7, 11) is 1.92. The maximum atomic E-state index is 12.5. The topological polar surface area (TPSA) is 51.1 Å². The first-order valence-corrected chi connectivity index (χ1v) is 6.37. The number of carbonyl (C=O) groups is 1. The van der Waals surface area contributed by atoms with Gasteiger partial charge in [-0.25, -0.2) is 0 Å². The highest BCUT2D eigenvalue weighted by molar-refractivity contribution is 5.97. The number of hydrogen-bond donors (Lipinski definition) is 1. The standard InChI is InChI=1S/C16H14N2O2/c1-10(19)17-11-7-8-13-15(9-11)18(2)14-6-4-3-5-12(14)16(13)20/h3-9H,1-2H3,(H,17,19). The SMILES string of the molecule is CC(=O)Nc1ccc2c(=O)c3ccccc3n(C)c2c1. The molecule has 20 heavy (non-hydrogen) atoms. The molecule has 2 aromatic carbocycles. The fraction of sp³-hybridized carbons (Fsp3) is 0.125. The Hall–Kier alpha value is -2.62. The van der Waals surface area contributed by atoms with E-state index in [9.17, 15) is 9.59 Å². The fourth-order valence-corrected chi connectivity index (χ4v) is 2.52. The van der Waals surface area contributed by atoms with E-state index < -0.39 is 0 Å². The Morgan fingerprint density at radius 2 is 1.75 bits per heavy atom. The summed E-state index contributed by atoms with van der Waals surface area (Å²) in [5.41, 5.74) is 2.39. The average molecular weight is 266 g/mol. The Kier molecular flexibility index (Phi) is 2.79. The van der Waals surface area contributed by atoms with Crippen LogP contribution in [0, 0.1) is 0 Å². The van der Waals surface area contributed by atoms with Gasteiger partial charge in [0.15, 0.2) is 5.43 Å².